The molecule has 0 radical (unpaired) electrons. The summed E-state index contributed by atoms with van der Waals surface area (Å²) in [6.45, 7) is 4.81. The molecule has 150 valence electrons. The topological polar surface area (TPSA) is 92.8 Å². The summed E-state index contributed by atoms with van der Waals surface area (Å²) >= 11 is 0. The largest absolute Gasteiger partial charge is 0.466 e. The molecule has 28 heavy (non-hydrogen) atoms. The molecule has 2 heterocycles. The van der Waals surface area contributed by atoms with Gasteiger partial charge in [-0.25, -0.2) is 14.2 Å². The number of carbonyl (C=O) groups excluding carboxylic acids is 2. The number of hydrogen-bond acceptors (Lipinski definition) is 6. The Bertz CT molecular complexity index is 855. The average Bonchev–Trinajstić information content (AvgIpc) is 2.68. The molecular weight excluding hydrogens is 367 g/mol. The van der Waals surface area contributed by atoms with E-state index in [1.165, 1.54) is 6.07 Å². The fourth-order valence-corrected chi connectivity index (χ4v) is 2.91. The molecule has 1 aromatic carbocycles. The molecule has 1 fully saturated rings. The third kappa shape index (κ3) is 5.07. The molecule has 2 N–H and O–H groups in total. The van der Waals surface area contributed by atoms with Crippen LogP contribution >= 0.6 is 0 Å². The van der Waals surface area contributed by atoms with Crippen molar-refractivity contribution in [2.45, 2.75) is 13.3 Å². The van der Waals surface area contributed by atoms with Gasteiger partial charge in [0, 0.05) is 30.7 Å². The van der Waals surface area contributed by atoms with Gasteiger partial charge in [0.2, 0.25) is 0 Å². The van der Waals surface area contributed by atoms with Crippen molar-refractivity contribution >= 4 is 34.4 Å². The van der Waals surface area contributed by atoms with E-state index in [0.29, 0.717) is 49.8 Å². The third-order valence-corrected chi connectivity index (χ3v) is 4.24. The first kappa shape index (κ1) is 19.8. The van der Waals surface area contributed by atoms with Crippen LogP contribution < -0.4 is 15.5 Å². The molecule has 0 saturated carbocycles. The summed E-state index contributed by atoms with van der Waals surface area (Å²) in [6.07, 6.45) is 0.0710. The number of esters is 1. The standard InChI is InChI=1S/C19H23FN4O4/c1-2-28-17(25)5-6-21-19(26)22-14-11-13-3-4-16(23-18(13)15(20)12-14)24-7-9-27-10-8-24/h3-4,11-12H,2,5-10H2,1H3,(H2,21,22,26). The Morgan fingerprint density at radius 2 is 2.07 bits per heavy atom. The predicted molar refractivity (Wildman–Crippen MR) is 103 cm³/mol. The molecule has 0 aliphatic carbocycles. The molecule has 1 aliphatic heterocycles. The minimum Gasteiger partial charge on any atom is -0.466 e. The maximum absolute atomic E-state index is 14.5. The van der Waals surface area contributed by atoms with Crippen molar-refractivity contribution in [3.63, 3.8) is 0 Å². The van der Waals surface area contributed by atoms with Crippen LogP contribution in [-0.2, 0) is 14.3 Å². The fraction of sp³-hybridized carbons (Fsp3) is 0.421. The van der Waals surface area contributed by atoms with Gasteiger partial charge in [0.15, 0.2) is 5.82 Å². The number of morpholine rings is 1. The zero-order valence-corrected chi connectivity index (χ0v) is 15.7. The number of halogens is 1. The summed E-state index contributed by atoms with van der Waals surface area (Å²) in [4.78, 5) is 29.7. The van der Waals surface area contributed by atoms with Crippen molar-refractivity contribution in [3.8, 4) is 0 Å². The lowest BCUT2D eigenvalue weighted by Crippen LogP contribution is -2.36. The summed E-state index contributed by atoms with van der Waals surface area (Å²) in [5.41, 5.74) is 0.553. The molecule has 8 nitrogen and oxygen atoms in total. The van der Waals surface area contributed by atoms with E-state index < -0.39 is 11.8 Å². The van der Waals surface area contributed by atoms with E-state index in [-0.39, 0.29) is 24.5 Å². The number of urea groups is 1. The van der Waals surface area contributed by atoms with Gasteiger partial charge in [0.1, 0.15) is 11.3 Å². The van der Waals surface area contributed by atoms with Crippen LogP contribution in [0.2, 0.25) is 0 Å². The van der Waals surface area contributed by atoms with Gasteiger partial charge in [-0.1, -0.05) is 0 Å². The molecular formula is C19H23FN4O4. The number of hydrogen-bond donors (Lipinski definition) is 2. The van der Waals surface area contributed by atoms with Gasteiger partial charge >= 0.3 is 12.0 Å². The molecule has 1 aliphatic rings. The highest BCUT2D eigenvalue weighted by molar-refractivity contribution is 5.93. The molecule has 0 atom stereocenters. The summed E-state index contributed by atoms with van der Waals surface area (Å²) < 4.78 is 24.7. The van der Waals surface area contributed by atoms with Crippen LogP contribution in [-0.4, -0.2) is 56.4 Å². The minimum atomic E-state index is -0.527. The zero-order valence-electron chi connectivity index (χ0n) is 15.7. The van der Waals surface area contributed by atoms with Gasteiger partial charge in [-0.3, -0.25) is 4.79 Å². The molecule has 1 saturated heterocycles. The van der Waals surface area contributed by atoms with Gasteiger partial charge in [0.25, 0.3) is 0 Å². The summed E-state index contributed by atoms with van der Waals surface area (Å²) in [5.74, 6) is -0.205. The Kier molecular flexibility index (Phi) is 6.59. The Morgan fingerprint density at radius 3 is 2.82 bits per heavy atom. The van der Waals surface area contributed by atoms with Crippen molar-refractivity contribution in [1.29, 1.82) is 0 Å². The smallest absolute Gasteiger partial charge is 0.319 e. The first-order valence-corrected chi connectivity index (χ1v) is 9.20. The third-order valence-electron chi connectivity index (χ3n) is 4.24. The quantitative estimate of drug-likeness (QED) is 0.735. The number of pyridine rings is 1. The van der Waals surface area contributed by atoms with Crippen LogP contribution in [0.15, 0.2) is 24.3 Å². The van der Waals surface area contributed by atoms with Crippen LogP contribution in [0.5, 0.6) is 0 Å². The monoisotopic (exact) mass is 390 g/mol. The number of benzene rings is 1. The Morgan fingerprint density at radius 1 is 1.29 bits per heavy atom. The highest BCUT2D eigenvalue weighted by atomic mass is 19.1. The second-order valence-electron chi connectivity index (χ2n) is 6.23. The molecule has 0 bridgehead atoms. The summed E-state index contributed by atoms with van der Waals surface area (Å²) in [6, 6.07) is 5.96. The zero-order chi connectivity index (χ0) is 19.9. The summed E-state index contributed by atoms with van der Waals surface area (Å²) in [5, 5.41) is 5.68. The Balaban J connectivity index is 1.64. The molecule has 9 heteroatoms. The lowest BCUT2D eigenvalue weighted by Gasteiger charge is -2.28. The maximum atomic E-state index is 14.5. The van der Waals surface area contributed by atoms with E-state index in [2.05, 4.69) is 15.6 Å². The van der Waals surface area contributed by atoms with Crippen LogP contribution in [0.25, 0.3) is 10.9 Å². The van der Waals surface area contributed by atoms with E-state index in [1.807, 2.05) is 11.0 Å². The number of fused-ring (bicyclic) bond motifs is 1. The van der Waals surface area contributed by atoms with E-state index in [1.54, 1.807) is 19.1 Å². The molecule has 2 amide bonds. The lowest BCUT2D eigenvalue weighted by molar-refractivity contribution is -0.142. The number of nitrogens with one attached hydrogen (secondary N) is 2. The number of nitrogens with zero attached hydrogens (tertiary/aromatic N) is 2. The van der Waals surface area contributed by atoms with Crippen molar-refractivity contribution in [2.75, 3.05) is 49.7 Å². The van der Waals surface area contributed by atoms with Crippen LogP contribution in [0, 0.1) is 5.82 Å². The first-order chi connectivity index (χ1) is 13.6. The number of ether oxygens (including phenoxy) is 2. The summed E-state index contributed by atoms with van der Waals surface area (Å²) in [7, 11) is 0. The minimum absolute atomic E-state index is 0.0710. The normalized spacial score (nSPS) is 14.0. The van der Waals surface area contributed by atoms with Crippen LogP contribution in [0.4, 0.5) is 20.7 Å². The van der Waals surface area contributed by atoms with Gasteiger partial charge in [-0.05, 0) is 31.2 Å². The van der Waals surface area contributed by atoms with Gasteiger partial charge < -0.3 is 25.0 Å². The van der Waals surface area contributed by atoms with Crippen molar-refractivity contribution < 1.29 is 23.5 Å². The van der Waals surface area contributed by atoms with Crippen molar-refractivity contribution in [1.82, 2.24) is 10.3 Å². The Hall–Kier alpha value is -2.94. The number of aromatic nitrogens is 1. The van der Waals surface area contributed by atoms with E-state index in [9.17, 15) is 14.0 Å². The average molecular weight is 390 g/mol. The second kappa shape index (κ2) is 9.32. The predicted octanol–water partition coefficient (Wildman–Crippen LogP) is 2.29. The molecule has 1 aromatic heterocycles. The van der Waals surface area contributed by atoms with Crippen LogP contribution in [0.3, 0.4) is 0 Å². The molecule has 0 unspecified atom stereocenters. The van der Waals surface area contributed by atoms with Gasteiger partial charge in [-0.2, -0.15) is 0 Å². The van der Waals surface area contributed by atoms with Crippen molar-refractivity contribution in [3.05, 3.63) is 30.1 Å². The van der Waals surface area contributed by atoms with Crippen molar-refractivity contribution in [2.24, 2.45) is 0 Å². The highest BCUT2D eigenvalue weighted by Gasteiger charge is 2.15. The SMILES string of the molecule is CCOC(=O)CCNC(=O)Nc1cc(F)c2nc(N3CCOCC3)ccc2c1. The first-order valence-electron chi connectivity index (χ1n) is 9.20. The maximum Gasteiger partial charge on any atom is 0.319 e. The number of carbonyl (C=O) groups is 2. The Labute approximate surface area is 162 Å². The number of anilines is 2. The fourth-order valence-electron chi connectivity index (χ4n) is 2.91. The van der Waals surface area contributed by atoms with Gasteiger partial charge in [-0.15, -0.1) is 0 Å². The van der Waals surface area contributed by atoms with E-state index in [4.69, 9.17) is 9.47 Å². The highest BCUT2D eigenvalue weighted by Crippen LogP contribution is 2.25. The number of amides is 2. The number of rotatable bonds is 6. The van der Waals surface area contributed by atoms with E-state index in [0.717, 1.165) is 0 Å². The molecule has 0 spiro atoms. The van der Waals surface area contributed by atoms with Crippen LogP contribution in [0.1, 0.15) is 13.3 Å². The second-order valence-corrected chi connectivity index (χ2v) is 6.23. The lowest BCUT2D eigenvalue weighted by atomic mass is 10.2. The van der Waals surface area contributed by atoms with Gasteiger partial charge in [0.05, 0.1) is 26.2 Å². The van der Waals surface area contributed by atoms with E-state index >= 15 is 0 Å². The molecule has 2 aromatic rings. The molecule has 3 rings (SSSR count).